The van der Waals surface area contributed by atoms with Crippen LogP contribution < -0.4 is 10.1 Å². The van der Waals surface area contributed by atoms with Crippen LogP contribution in [-0.4, -0.2) is 35.8 Å². The molecule has 1 atom stereocenters. The van der Waals surface area contributed by atoms with Gasteiger partial charge in [0.05, 0.1) is 18.9 Å². The zero-order chi connectivity index (χ0) is 17.7. The Kier molecular flexibility index (Phi) is 5.57. The highest BCUT2D eigenvalue weighted by atomic mass is 16.5. The van der Waals surface area contributed by atoms with E-state index in [1.165, 1.54) is 0 Å². The Hall–Kier alpha value is -2.40. The van der Waals surface area contributed by atoms with Gasteiger partial charge in [0.25, 0.3) is 5.91 Å². The van der Waals surface area contributed by atoms with Gasteiger partial charge in [0.15, 0.2) is 0 Å². The number of hydrogen-bond acceptors (Lipinski definition) is 4. The normalized spacial score (nSPS) is 12.5. The highest BCUT2D eigenvalue weighted by molar-refractivity contribution is 5.96. The first-order valence-electron chi connectivity index (χ1n) is 7.88. The van der Waals surface area contributed by atoms with Crippen molar-refractivity contribution in [3.8, 4) is 17.0 Å². The van der Waals surface area contributed by atoms with Crippen LogP contribution in [0.1, 0.15) is 31.1 Å². The first-order chi connectivity index (χ1) is 11.3. The zero-order valence-electron chi connectivity index (χ0n) is 14.5. The Morgan fingerprint density at radius 3 is 2.62 bits per heavy atom. The van der Waals surface area contributed by atoms with Gasteiger partial charge in [0, 0.05) is 23.9 Å². The smallest absolute Gasteiger partial charge is 0.251 e. The van der Waals surface area contributed by atoms with Gasteiger partial charge in [0.2, 0.25) is 0 Å². The number of rotatable bonds is 5. The quantitative estimate of drug-likeness (QED) is 0.885. The zero-order valence-corrected chi connectivity index (χ0v) is 14.5. The summed E-state index contributed by atoms with van der Waals surface area (Å²) in [6, 6.07) is 10.8. The predicted molar refractivity (Wildman–Crippen MR) is 94.0 cm³/mol. The van der Waals surface area contributed by atoms with Crippen LogP contribution in [0.4, 0.5) is 0 Å². The first-order valence-corrected chi connectivity index (χ1v) is 7.88. The fourth-order valence-corrected chi connectivity index (χ4v) is 2.17. The van der Waals surface area contributed by atoms with E-state index in [-0.39, 0.29) is 17.9 Å². The Morgan fingerprint density at radius 2 is 2.04 bits per heavy atom. The Labute approximate surface area is 142 Å². The number of aliphatic hydroxyl groups is 1. The van der Waals surface area contributed by atoms with Crippen molar-refractivity contribution in [2.24, 2.45) is 5.41 Å². The molecule has 0 bridgehead atoms. The number of nitrogens with one attached hydrogen (secondary N) is 1. The second-order valence-corrected chi connectivity index (χ2v) is 6.72. The summed E-state index contributed by atoms with van der Waals surface area (Å²) in [6.07, 6.45) is 1.08. The van der Waals surface area contributed by atoms with Crippen molar-refractivity contribution in [1.29, 1.82) is 0 Å². The molecule has 0 radical (unpaired) electrons. The van der Waals surface area contributed by atoms with E-state index in [2.05, 4.69) is 10.3 Å². The van der Waals surface area contributed by atoms with E-state index < -0.39 is 6.10 Å². The third-order valence-corrected chi connectivity index (χ3v) is 3.86. The maximum Gasteiger partial charge on any atom is 0.251 e. The van der Waals surface area contributed by atoms with Gasteiger partial charge in [-0.2, -0.15) is 0 Å². The van der Waals surface area contributed by atoms with Crippen molar-refractivity contribution in [2.45, 2.75) is 26.9 Å². The molecule has 0 fully saturated rings. The Balaban J connectivity index is 2.21. The topological polar surface area (TPSA) is 71.5 Å². The molecular formula is C19H24N2O3. The minimum atomic E-state index is -0.616. The molecule has 0 spiro atoms. The molecule has 0 saturated heterocycles. The van der Waals surface area contributed by atoms with E-state index in [0.29, 0.717) is 11.3 Å². The van der Waals surface area contributed by atoms with Crippen LogP contribution in [0.25, 0.3) is 11.3 Å². The molecule has 0 aliphatic carbocycles. The van der Waals surface area contributed by atoms with Crippen LogP contribution in [0.15, 0.2) is 42.6 Å². The lowest BCUT2D eigenvalue weighted by Gasteiger charge is -2.25. The maximum atomic E-state index is 12.4. The number of carbonyl (C=O) groups excluding carboxylic acids is 1. The molecular weight excluding hydrogens is 304 g/mol. The van der Waals surface area contributed by atoms with E-state index in [1.54, 1.807) is 31.5 Å². The van der Waals surface area contributed by atoms with Crippen LogP contribution >= 0.6 is 0 Å². The van der Waals surface area contributed by atoms with Crippen LogP contribution in [0.5, 0.6) is 5.75 Å². The number of ether oxygens (including phenoxy) is 1. The molecule has 2 rings (SSSR count). The summed E-state index contributed by atoms with van der Waals surface area (Å²) in [5, 5.41) is 12.8. The number of aromatic nitrogens is 1. The molecule has 5 nitrogen and oxygen atoms in total. The van der Waals surface area contributed by atoms with Gasteiger partial charge in [-0.15, -0.1) is 0 Å². The van der Waals surface area contributed by atoms with Crippen LogP contribution in [0, 0.1) is 5.41 Å². The van der Waals surface area contributed by atoms with E-state index in [4.69, 9.17) is 4.74 Å². The van der Waals surface area contributed by atoms with E-state index in [9.17, 15) is 9.90 Å². The second kappa shape index (κ2) is 7.45. The van der Waals surface area contributed by atoms with Gasteiger partial charge in [-0.3, -0.25) is 9.78 Å². The van der Waals surface area contributed by atoms with Gasteiger partial charge >= 0.3 is 0 Å². The molecule has 1 amide bonds. The number of nitrogens with zero attached hydrogens (tertiary/aromatic N) is 1. The van der Waals surface area contributed by atoms with Gasteiger partial charge in [0.1, 0.15) is 5.75 Å². The lowest BCUT2D eigenvalue weighted by Crippen LogP contribution is -2.39. The highest BCUT2D eigenvalue weighted by Gasteiger charge is 2.22. The van der Waals surface area contributed by atoms with Crippen LogP contribution in [0.3, 0.4) is 0 Å². The second-order valence-electron chi connectivity index (χ2n) is 6.72. The fourth-order valence-electron chi connectivity index (χ4n) is 2.17. The molecule has 0 aliphatic rings. The average Bonchev–Trinajstić information content (AvgIpc) is 2.58. The molecule has 0 saturated carbocycles. The highest BCUT2D eigenvalue weighted by Crippen LogP contribution is 2.29. The number of hydrogen-bond donors (Lipinski definition) is 2. The van der Waals surface area contributed by atoms with Crippen LogP contribution in [0.2, 0.25) is 0 Å². The summed E-state index contributed by atoms with van der Waals surface area (Å²) in [5.41, 5.74) is 1.70. The van der Waals surface area contributed by atoms with E-state index in [0.717, 1.165) is 11.3 Å². The molecule has 0 aliphatic heterocycles. The molecule has 24 heavy (non-hydrogen) atoms. The number of benzene rings is 1. The minimum absolute atomic E-state index is 0.202. The van der Waals surface area contributed by atoms with Gasteiger partial charge < -0.3 is 15.2 Å². The summed E-state index contributed by atoms with van der Waals surface area (Å²) in [6.45, 7) is 5.98. The van der Waals surface area contributed by atoms with Crippen molar-refractivity contribution in [3.05, 3.63) is 48.2 Å². The standard InChI is InChI=1S/C19H24N2O3/c1-19(2,3)17(22)12-21-18(23)13-8-9-16(24-4)14(11-13)15-7-5-6-10-20-15/h5-11,17,22H,12H2,1-4H3,(H,21,23). The lowest BCUT2D eigenvalue weighted by atomic mass is 9.89. The Morgan fingerprint density at radius 1 is 1.29 bits per heavy atom. The van der Waals surface area contributed by atoms with E-state index >= 15 is 0 Å². The first kappa shape index (κ1) is 17.9. The number of amides is 1. The number of aliphatic hydroxyl groups excluding tert-OH is 1. The van der Waals surface area contributed by atoms with Crippen molar-refractivity contribution in [2.75, 3.05) is 13.7 Å². The Bertz CT molecular complexity index is 694. The molecule has 1 aromatic carbocycles. The molecule has 5 heteroatoms. The van der Waals surface area contributed by atoms with Crippen molar-refractivity contribution in [3.63, 3.8) is 0 Å². The van der Waals surface area contributed by atoms with Crippen LogP contribution in [-0.2, 0) is 0 Å². The summed E-state index contributed by atoms with van der Waals surface area (Å²) < 4.78 is 5.37. The minimum Gasteiger partial charge on any atom is -0.496 e. The molecule has 128 valence electrons. The largest absolute Gasteiger partial charge is 0.496 e. The molecule has 2 N–H and O–H groups in total. The van der Waals surface area contributed by atoms with Crippen molar-refractivity contribution >= 4 is 5.91 Å². The molecule has 1 unspecified atom stereocenters. The maximum absolute atomic E-state index is 12.4. The molecule has 1 heterocycles. The monoisotopic (exact) mass is 328 g/mol. The average molecular weight is 328 g/mol. The third kappa shape index (κ3) is 4.32. The number of methoxy groups -OCH3 is 1. The summed E-state index contributed by atoms with van der Waals surface area (Å²) in [4.78, 5) is 16.7. The van der Waals surface area contributed by atoms with Gasteiger partial charge in [-0.1, -0.05) is 26.8 Å². The van der Waals surface area contributed by atoms with Gasteiger partial charge in [-0.05, 0) is 35.7 Å². The van der Waals surface area contributed by atoms with E-state index in [1.807, 2.05) is 39.0 Å². The summed E-state index contributed by atoms with van der Waals surface area (Å²) in [7, 11) is 1.58. The third-order valence-electron chi connectivity index (χ3n) is 3.86. The predicted octanol–water partition coefficient (Wildman–Crippen LogP) is 2.89. The molecule has 2 aromatic rings. The summed E-state index contributed by atoms with van der Waals surface area (Å²) >= 11 is 0. The van der Waals surface area contributed by atoms with Gasteiger partial charge in [-0.25, -0.2) is 0 Å². The summed E-state index contributed by atoms with van der Waals surface area (Å²) in [5.74, 6) is 0.415. The van der Waals surface area contributed by atoms with Crippen molar-refractivity contribution in [1.82, 2.24) is 10.3 Å². The van der Waals surface area contributed by atoms with Crippen molar-refractivity contribution < 1.29 is 14.6 Å². The molecule has 1 aromatic heterocycles. The number of carbonyl (C=O) groups is 1. The SMILES string of the molecule is COc1ccc(C(=O)NCC(O)C(C)(C)C)cc1-c1ccccn1. The lowest BCUT2D eigenvalue weighted by molar-refractivity contribution is 0.0587. The number of pyridine rings is 1. The fraction of sp³-hybridized carbons (Fsp3) is 0.368.